The summed E-state index contributed by atoms with van der Waals surface area (Å²) >= 11 is 7.59. The lowest BCUT2D eigenvalue weighted by atomic mass is 10.2. The summed E-state index contributed by atoms with van der Waals surface area (Å²) in [4.78, 5) is 26.9. The van der Waals surface area contributed by atoms with Crippen molar-refractivity contribution in [3.8, 4) is 0 Å². The summed E-state index contributed by atoms with van der Waals surface area (Å²) in [6.07, 6.45) is -1.24. The monoisotopic (exact) mass is 457 g/mol. The van der Waals surface area contributed by atoms with E-state index >= 15 is 0 Å². The van der Waals surface area contributed by atoms with Crippen LogP contribution in [0.4, 0.5) is 19.0 Å². The van der Waals surface area contributed by atoms with Crippen molar-refractivity contribution in [3.05, 3.63) is 50.5 Å². The van der Waals surface area contributed by atoms with Gasteiger partial charge in [-0.3, -0.25) is 14.3 Å². The Morgan fingerprint density at radius 3 is 2.53 bits per heavy atom. The Balaban J connectivity index is 1.43. The maximum atomic E-state index is 12.8. The first-order valence-corrected chi connectivity index (χ1v) is 10.6. The van der Waals surface area contributed by atoms with Gasteiger partial charge in [0.2, 0.25) is 0 Å². The standard InChI is InChI=1S/C19H19ClF3N5OS/c1-2-13-8-14-17(30-13)25-10-28(18(14)29)11-26-3-5-27(6-4-26)16-15(20)7-12(9-24-16)19(21,22)23/h7-10H,2-6,11H2,1H3. The average Bonchev–Trinajstić information content (AvgIpc) is 3.14. The highest BCUT2D eigenvalue weighted by molar-refractivity contribution is 7.18. The Kier molecular flexibility index (Phi) is 5.73. The van der Waals surface area contributed by atoms with E-state index in [2.05, 4.69) is 14.9 Å². The number of pyridine rings is 1. The number of aromatic nitrogens is 3. The quantitative estimate of drug-likeness (QED) is 0.595. The molecule has 0 unspecified atom stereocenters. The van der Waals surface area contributed by atoms with Crippen molar-refractivity contribution in [3.63, 3.8) is 0 Å². The fourth-order valence-corrected chi connectivity index (χ4v) is 4.63. The molecule has 1 aliphatic rings. The van der Waals surface area contributed by atoms with E-state index in [9.17, 15) is 18.0 Å². The molecule has 0 atom stereocenters. The zero-order valence-electron chi connectivity index (χ0n) is 16.1. The third-order valence-corrected chi connectivity index (χ3v) is 6.56. The summed E-state index contributed by atoms with van der Waals surface area (Å²) in [6.45, 7) is 4.77. The smallest absolute Gasteiger partial charge is 0.353 e. The predicted molar refractivity (Wildman–Crippen MR) is 111 cm³/mol. The number of aryl methyl sites for hydroxylation is 1. The molecule has 1 saturated heterocycles. The number of halogens is 4. The summed E-state index contributed by atoms with van der Waals surface area (Å²) in [7, 11) is 0. The molecule has 3 aromatic rings. The van der Waals surface area contributed by atoms with Gasteiger partial charge in [0.1, 0.15) is 17.0 Å². The van der Waals surface area contributed by atoms with Crippen molar-refractivity contribution in [1.29, 1.82) is 0 Å². The van der Waals surface area contributed by atoms with E-state index in [-0.39, 0.29) is 10.6 Å². The number of hydrogen-bond acceptors (Lipinski definition) is 6. The number of anilines is 1. The minimum Gasteiger partial charge on any atom is -0.353 e. The zero-order valence-corrected chi connectivity index (χ0v) is 17.7. The lowest BCUT2D eigenvalue weighted by Crippen LogP contribution is -2.48. The van der Waals surface area contributed by atoms with Gasteiger partial charge in [-0.1, -0.05) is 18.5 Å². The molecule has 0 amide bonds. The van der Waals surface area contributed by atoms with Crippen LogP contribution >= 0.6 is 22.9 Å². The van der Waals surface area contributed by atoms with Crippen LogP contribution in [0.2, 0.25) is 5.02 Å². The van der Waals surface area contributed by atoms with Crippen LogP contribution in [0.25, 0.3) is 10.2 Å². The van der Waals surface area contributed by atoms with Gasteiger partial charge in [-0.15, -0.1) is 11.3 Å². The van der Waals surface area contributed by atoms with Crippen molar-refractivity contribution in [1.82, 2.24) is 19.4 Å². The Hall–Kier alpha value is -2.17. The van der Waals surface area contributed by atoms with E-state index in [1.54, 1.807) is 10.9 Å². The molecule has 6 nitrogen and oxygen atoms in total. The number of rotatable bonds is 4. The number of alkyl halides is 3. The van der Waals surface area contributed by atoms with Crippen molar-refractivity contribution in [2.45, 2.75) is 26.2 Å². The van der Waals surface area contributed by atoms with Crippen LogP contribution < -0.4 is 10.5 Å². The van der Waals surface area contributed by atoms with Crippen molar-refractivity contribution in [2.75, 3.05) is 31.1 Å². The maximum Gasteiger partial charge on any atom is 0.417 e. The van der Waals surface area contributed by atoms with E-state index in [1.165, 1.54) is 11.3 Å². The first kappa shape index (κ1) is 21.1. The van der Waals surface area contributed by atoms with Gasteiger partial charge in [0.05, 0.1) is 22.6 Å². The molecule has 0 aliphatic carbocycles. The SMILES string of the molecule is CCc1cc2c(=O)n(CN3CCN(c4ncc(C(F)(F)F)cc4Cl)CC3)cnc2s1. The molecule has 1 aliphatic heterocycles. The molecule has 30 heavy (non-hydrogen) atoms. The lowest BCUT2D eigenvalue weighted by molar-refractivity contribution is -0.137. The molecule has 1 fully saturated rings. The highest BCUT2D eigenvalue weighted by atomic mass is 35.5. The molecular weight excluding hydrogens is 439 g/mol. The first-order valence-electron chi connectivity index (χ1n) is 9.44. The van der Waals surface area contributed by atoms with E-state index in [0.29, 0.717) is 44.1 Å². The Labute approximate surface area is 179 Å². The summed E-state index contributed by atoms with van der Waals surface area (Å²) in [6, 6.07) is 2.81. The van der Waals surface area contributed by atoms with Crippen LogP contribution in [0.1, 0.15) is 17.4 Å². The number of thiophene rings is 1. The van der Waals surface area contributed by atoms with Crippen LogP contribution in [0, 0.1) is 0 Å². The molecule has 0 saturated carbocycles. The largest absolute Gasteiger partial charge is 0.417 e. The van der Waals surface area contributed by atoms with Gasteiger partial charge >= 0.3 is 6.18 Å². The Morgan fingerprint density at radius 1 is 1.17 bits per heavy atom. The number of hydrogen-bond donors (Lipinski definition) is 0. The molecule has 160 valence electrons. The zero-order chi connectivity index (χ0) is 21.5. The third-order valence-electron chi connectivity index (χ3n) is 5.09. The van der Waals surface area contributed by atoms with Crippen molar-refractivity contribution in [2.24, 2.45) is 0 Å². The minimum atomic E-state index is -4.48. The Morgan fingerprint density at radius 2 is 1.90 bits per heavy atom. The fraction of sp³-hybridized carbons (Fsp3) is 0.421. The first-order chi connectivity index (χ1) is 14.3. The molecular formula is C19H19ClF3N5OS. The topological polar surface area (TPSA) is 54.3 Å². The number of piperazine rings is 1. The van der Waals surface area contributed by atoms with Crippen molar-refractivity contribution >= 4 is 39.0 Å². The second-order valence-electron chi connectivity index (χ2n) is 7.08. The fourth-order valence-electron chi connectivity index (χ4n) is 3.42. The number of nitrogens with zero attached hydrogens (tertiary/aromatic N) is 5. The molecule has 0 N–H and O–H groups in total. The van der Waals surface area contributed by atoms with Gasteiger partial charge in [-0.25, -0.2) is 9.97 Å². The summed E-state index contributed by atoms with van der Waals surface area (Å²) in [5.41, 5.74) is -0.928. The van der Waals surface area contributed by atoms with Gasteiger partial charge in [0.25, 0.3) is 5.56 Å². The summed E-state index contributed by atoms with van der Waals surface area (Å²) < 4.78 is 40.0. The third kappa shape index (κ3) is 4.17. The van der Waals surface area contributed by atoms with E-state index in [0.717, 1.165) is 28.4 Å². The molecule has 0 aromatic carbocycles. The second kappa shape index (κ2) is 8.16. The van der Waals surface area contributed by atoms with Crippen LogP contribution in [-0.4, -0.2) is 45.6 Å². The second-order valence-corrected chi connectivity index (χ2v) is 8.60. The molecule has 0 radical (unpaired) electrons. The van der Waals surface area contributed by atoms with Crippen LogP contribution in [-0.2, 0) is 19.3 Å². The van der Waals surface area contributed by atoms with Crippen molar-refractivity contribution < 1.29 is 13.2 Å². The molecule has 0 spiro atoms. The molecule has 3 aromatic heterocycles. The van der Waals surface area contributed by atoms with E-state index in [1.807, 2.05) is 17.9 Å². The predicted octanol–water partition coefficient (Wildman–Crippen LogP) is 3.87. The summed E-state index contributed by atoms with van der Waals surface area (Å²) in [5.74, 6) is 0.343. The van der Waals surface area contributed by atoms with Gasteiger partial charge in [0.15, 0.2) is 0 Å². The van der Waals surface area contributed by atoms with Crippen LogP contribution in [0.5, 0.6) is 0 Å². The van der Waals surface area contributed by atoms with Gasteiger partial charge in [-0.2, -0.15) is 13.2 Å². The van der Waals surface area contributed by atoms with Crippen LogP contribution in [0.15, 0.2) is 29.5 Å². The average molecular weight is 458 g/mol. The lowest BCUT2D eigenvalue weighted by Gasteiger charge is -2.35. The molecule has 4 heterocycles. The van der Waals surface area contributed by atoms with E-state index in [4.69, 9.17) is 11.6 Å². The molecule has 11 heteroatoms. The van der Waals surface area contributed by atoms with Gasteiger partial charge < -0.3 is 4.90 Å². The normalized spacial score (nSPS) is 15.8. The highest BCUT2D eigenvalue weighted by Crippen LogP contribution is 2.33. The molecule has 0 bridgehead atoms. The van der Waals surface area contributed by atoms with E-state index < -0.39 is 11.7 Å². The van der Waals surface area contributed by atoms with Crippen LogP contribution in [0.3, 0.4) is 0 Å². The van der Waals surface area contributed by atoms with Gasteiger partial charge in [0, 0.05) is 37.3 Å². The molecule has 4 rings (SSSR count). The van der Waals surface area contributed by atoms with Gasteiger partial charge in [-0.05, 0) is 18.6 Å². The minimum absolute atomic E-state index is 0.0201. The highest BCUT2D eigenvalue weighted by Gasteiger charge is 2.32. The summed E-state index contributed by atoms with van der Waals surface area (Å²) in [5, 5.41) is 0.618. The Bertz CT molecular complexity index is 1120. The maximum absolute atomic E-state index is 12.8. The number of fused-ring (bicyclic) bond motifs is 1.